The molecular weight excluding hydrogens is 304 g/mol. The second-order valence-electron chi connectivity index (χ2n) is 5.84. The topological polar surface area (TPSA) is 75.8 Å². The lowest BCUT2D eigenvalue weighted by Crippen LogP contribution is -2.43. The molecule has 3 rings (SSSR count). The van der Waals surface area contributed by atoms with Crippen LogP contribution in [-0.2, 0) is 6.42 Å². The van der Waals surface area contributed by atoms with Crippen molar-refractivity contribution in [3.8, 4) is 11.5 Å². The van der Waals surface area contributed by atoms with Gasteiger partial charge in [-0.2, -0.15) is 0 Å². The molecule has 1 aliphatic rings. The van der Waals surface area contributed by atoms with E-state index in [0.717, 1.165) is 17.1 Å². The van der Waals surface area contributed by atoms with Gasteiger partial charge in [-0.05, 0) is 42.7 Å². The first-order valence-electron chi connectivity index (χ1n) is 7.89. The number of carbonyl (C=O) groups is 1. The molecule has 24 heavy (non-hydrogen) atoms. The third kappa shape index (κ3) is 3.75. The number of hydrogen-bond donors (Lipinski definition) is 2. The van der Waals surface area contributed by atoms with Gasteiger partial charge in [0, 0.05) is 5.92 Å². The molecule has 0 spiro atoms. The molecule has 3 N–H and O–H groups in total. The van der Waals surface area contributed by atoms with Crippen LogP contribution in [0.25, 0.3) is 0 Å². The molecule has 2 aromatic rings. The van der Waals surface area contributed by atoms with Gasteiger partial charge in [-0.15, -0.1) is 0 Å². The van der Waals surface area contributed by atoms with Crippen molar-refractivity contribution in [2.75, 3.05) is 0 Å². The Morgan fingerprint density at radius 1 is 1.17 bits per heavy atom. The Morgan fingerprint density at radius 2 is 1.92 bits per heavy atom. The first-order valence-corrected chi connectivity index (χ1v) is 7.89. The number of urea groups is 1. The number of ether oxygens (including phenoxy) is 1. The van der Waals surface area contributed by atoms with E-state index in [9.17, 15) is 10.0 Å². The fourth-order valence-electron chi connectivity index (χ4n) is 2.98. The van der Waals surface area contributed by atoms with Crippen LogP contribution in [0.4, 0.5) is 4.79 Å². The van der Waals surface area contributed by atoms with E-state index in [-0.39, 0.29) is 12.0 Å². The van der Waals surface area contributed by atoms with Gasteiger partial charge in [-0.1, -0.05) is 42.5 Å². The first kappa shape index (κ1) is 16.1. The molecule has 5 nitrogen and oxygen atoms in total. The Kier molecular flexibility index (Phi) is 4.82. The highest BCUT2D eigenvalue weighted by Gasteiger charge is 2.30. The van der Waals surface area contributed by atoms with Gasteiger partial charge in [0.05, 0.1) is 6.04 Å². The number of para-hydroxylation sites is 1. The van der Waals surface area contributed by atoms with Crippen molar-refractivity contribution in [2.45, 2.75) is 18.9 Å². The van der Waals surface area contributed by atoms with Crippen molar-refractivity contribution in [3.05, 3.63) is 72.3 Å². The summed E-state index contributed by atoms with van der Waals surface area (Å²) in [5, 5.41) is 10.5. The molecule has 2 atom stereocenters. The van der Waals surface area contributed by atoms with Gasteiger partial charge in [0.1, 0.15) is 11.5 Å². The van der Waals surface area contributed by atoms with E-state index in [1.54, 1.807) is 0 Å². The number of amides is 2. The average molecular weight is 324 g/mol. The summed E-state index contributed by atoms with van der Waals surface area (Å²) in [6.45, 7) is 0. The molecule has 124 valence electrons. The third-order valence-corrected chi connectivity index (χ3v) is 4.14. The molecule has 0 unspecified atom stereocenters. The highest BCUT2D eigenvalue weighted by atomic mass is 16.5. The molecule has 0 fully saturated rings. The molecule has 0 aromatic heterocycles. The zero-order valence-corrected chi connectivity index (χ0v) is 13.2. The predicted molar refractivity (Wildman–Crippen MR) is 90.9 cm³/mol. The van der Waals surface area contributed by atoms with Crippen molar-refractivity contribution >= 4 is 6.03 Å². The fourth-order valence-corrected chi connectivity index (χ4v) is 2.98. The van der Waals surface area contributed by atoms with Crippen molar-refractivity contribution in [1.82, 2.24) is 5.06 Å². The maximum atomic E-state index is 11.2. The van der Waals surface area contributed by atoms with E-state index in [4.69, 9.17) is 10.5 Å². The molecule has 0 saturated heterocycles. The standard InChI is InChI=1S/C19H20N2O3/c20-19(22)21(23)18-11-5-7-15(18)12-14-6-4-10-17(13-14)24-16-8-2-1-3-9-16/h1-10,13,15,18,23H,11-12H2,(H2,20,22)/t15-,18+/m0/s1. The molecular formula is C19H20N2O3. The molecule has 1 aliphatic carbocycles. The Hall–Kier alpha value is -2.79. The van der Waals surface area contributed by atoms with Gasteiger partial charge in [-0.3, -0.25) is 5.21 Å². The highest BCUT2D eigenvalue weighted by Crippen LogP contribution is 2.28. The minimum atomic E-state index is -0.824. The van der Waals surface area contributed by atoms with Crippen LogP contribution in [0.3, 0.4) is 0 Å². The Bertz CT molecular complexity index is 730. The number of nitrogens with two attached hydrogens (primary N) is 1. The SMILES string of the molecule is NC(=O)N(O)[C@@H]1CC=C[C@H]1Cc1cccc(Oc2ccccc2)c1. The van der Waals surface area contributed by atoms with E-state index in [1.165, 1.54) is 0 Å². The second kappa shape index (κ2) is 7.19. The predicted octanol–water partition coefficient (Wildman–Crippen LogP) is 3.74. The van der Waals surface area contributed by atoms with Crippen LogP contribution in [0.2, 0.25) is 0 Å². The zero-order valence-electron chi connectivity index (χ0n) is 13.2. The number of hydrogen-bond acceptors (Lipinski definition) is 3. The Morgan fingerprint density at radius 3 is 2.67 bits per heavy atom. The van der Waals surface area contributed by atoms with E-state index in [1.807, 2.05) is 66.7 Å². The summed E-state index contributed by atoms with van der Waals surface area (Å²) in [4.78, 5) is 11.2. The Balaban J connectivity index is 1.70. The summed E-state index contributed by atoms with van der Waals surface area (Å²) in [7, 11) is 0. The second-order valence-corrected chi connectivity index (χ2v) is 5.84. The fraction of sp³-hybridized carbons (Fsp3) is 0.211. The molecule has 0 heterocycles. The number of nitrogens with zero attached hydrogens (tertiary/aromatic N) is 1. The summed E-state index contributed by atoms with van der Waals surface area (Å²) in [6.07, 6.45) is 5.27. The first-order chi connectivity index (χ1) is 11.6. The van der Waals surface area contributed by atoms with Gasteiger partial charge in [-0.25, -0.2) is 9.86 Å². The van der Waals surface area contributed by atoms with E-state index in [2.05, 4.69) is 0 Å². The summed E-state index contributed by atoms with van der Waals surface area (Å²) >= 11 is 0. The molecule has 2 aromatic carbocycles. The van der Waals surface area contributed by atoms with Crippen LogP contribution in [0.15, 0.2) is 66.7 Å². The lowest BCUT2D eigenvalue weighted by Gasteiger charge is -2.26. The number of benzene rings is 2. The maximum absolute atomic E-state index is 11.2. The molecule has 0 radical (unpaired) electrons. The van der Waals surface area contributed by atoms with Crippen LogP contribution in [0, 0.1) is 5.92 Å². The highest BCUT2D eigenvalue weighted by molar-refractivity contribution is 5.71. The van der Waals surface area contributed by atoms with Gasteiger partial charge >= 0.3 is 6.03 Å². The zero-order chi connectivity index (χ0) is 16.9. The van der Waals surface area contributed by atoms with E-state index < -0.39 is 6.03 Å². The van der Waals surface area contributed by atoms with Crippen LogP contribution < -0.4 is 10.5 Å². The van der Waals surface area contributed by atoms with Crippen molar-refractivity contribution in [1.29, 1.82) is 0 Å². The minimum Gasteiger partial charge on any atom is -0.457 e. The minimum absolute atomic E-state index is 0.0227. The molecule has 0 bridgehead atoms. The van der Waals surface area contributed by atoms with Crippen molar-refractivity contribution < 1.29 is 14.7 Å². The largest absolute Gasteiger partial charge is 0.457 e. The van der Waals surface area contributed by atoms with Crippen LogP contribution in [-0.4, -0.2) is 22.3 Å². The van der Waals surface area contributed by atoms with Gasteiger partial charge in [0.15, 0.2) is 0 Å². The van der Waals surface area contributed by atoms with E-state index in [0.29, 0.717) is 17.9 Å². The monoisotopic (exact) mass is 324 g/mol. The normalized spacial score (nSPS) is 19.2. The number of rotatable bonds is 5. The van der Waals surface area contributed by atoms with Gasteiger partial charge < -0.3 is 10.5 Å². The summed E-state index contributed by atoms with van der Waals surface area (Å²) in [6, 6.07) is 16.3. The van der Waals surface area contributed by atoms with Crippen LogP contribution >= 0.6 is 0 Å². The van der Waals surface area contributed by atoms with Gasteiger partial charge in [0.25, 0.3) is 0 Å². The number of carbonyl (C=O) groups excluding carboxylic acids is 1. The summed E-state index contributed by atoms with van der Waals surface area (Å²) < 4.78 is 5.84. The molecule has 2 amide bonds. The summed E-state index contributed by atoms with van der Waals surface area (Å²) in [5.41, 5.74) is 6.24. The van der Waals surface area contributed by atoms with Crippen LogP contribution in [0.1, 0.15) is 12.0 Å². The third-order valence-electron chi connectivity index (χ3n) is 4.14. The number of primary amides is 1. The lowest BCUT2D eigenvalue weighted by atomic mass is 9.94. The quantitative estimate of drug-likeness (QED) is 0.500. The van der Waals surface area contributed by atoms with Gasteiger partial charge in [0.2, 0.25) is 0 Å². The van der Waals surface area contributed by atoms with Crippen LogP contribution in [0.5, 0.6) is 11.5 Å². The average Bonchev–Trinajstić information content (AvgIpc) is 3.03. The molecule has 0 aliphatic heterocycles. The Labute approximate surface area is 140 Å². The van der Waals surface area contributed by atoms with E-state index >= 15 is 0 Å². The smallest absolute Gasteiger partial charge is 0.338 e. The maximum Gasteiger partial charge on any atom is 0.338 e. The number of hydroxylamine groups is 2. The molecule has 5 heteroatoms. The summed E-state index contributed by atoms with van der Waals surface area (Å²) in [5.74, 6) is 1.56. The van der Waals surface area contributed by atoms with Crippen molar-refractivity contribution in [2.24, 2.45) is 11.7 Å². The van der Waals surface area contributed by atoms with Crippen molar-refractivity contribution in [3.63, 3.8) is 0 Å². The lowest BCUT2D eigenvalue weighted by molar-refractivity contribution is -0.0824. The molecule has 0 saturated carbocycles.